The van der Waals surface area contributed by atoms with Crippen molar-refractivity contribution in [3.05, 3.63) is 53.6 Å². The minimum absolute atomic E-state index is 0.383. The molecule has 1 aromatic carbocycles. The molecule has 2 aromatic rings. The van der Waals surface area contributed by atoms with E-state index < -0.39 is 11.7 Å². The fraction of sp³-hybridized carbons (Fsp3) is 0.400. The number of hydrogen-bond acceptors (Lipinski definition) is 5. The van der Waals surface area contributed by atoms with Crippen LogP contribution in [0.25, 0.3) is 11.1 Å². The summed E-state index contributed by atoms with van der Waals surface area (Å²) in [7, 11) is 0. The van der Waals surface area contributed by atoms with E-state index in [1.165, 1.54) is 6.92 Å². The van der Waals surface area contributed by atoms with Crippen LogP contribution in [-0.2, 0) is 21.5 Å². The number of ether oxygens (including phenoxy) is 1. The van der Waals surface area contributed by atoms with Crippen molar-refractivity contribution in [2.24, 2.45) is 5.16 Å². The van der Waals surface area contributed by atoms with Gasteiger partial charge in [0.25, 0.3) is 0 Å². The number of carbonyl (C=O) groups is 1. The lowest BCUT2D eigenvalue weighted by Gasteiger charge is -2.17. The number of benzene rings is 1. The van der Waals surface area contributed by atoms with Gasteiger partial charge < -0.3 is 19.6 Å². The van der Waals surface area contributed by atoms with Gasteiger partial charge in [0.2, 0.25) is 0 Å². The minimum Gasteiger partial charge on any atom is -0.436 e. The molecule has 0 amide bonds. The number of pyridine rings is 1. The van der Waals surface area contributed by atoms with E-state index in [0.29, 0.717) is 5.49 Å². The maximum atomic E-state index is 12.3. The second-order valence-corrected chi connectivity index (χ2v) is 6.70. The van der Waals surface area contributed by atoms with E-state index in [2.05, 4.69) is 12.1 Å². The van der Waals surface area contributed by atoms with Gasteiger partial charge in [-0.25, -0.2) is 0 Å². The van der Waals surface area contributed by atoms with Crippen LogP contribution in [0.1, 0.15) is 38.7 Å². The van der Waals surface area contributed by atoms with Gasteiger partial charge in [-0.3, -0.25) is 4.79 Å². The molecule has 1 atom stereocenters. The number of hydrogen-bond donors (Lipinski definition) is 2. The van der Waals surface area contributed by atoms with Crippen molar-refractivity contribution in [3.63, 3.8) is 0 Å². The van der Waals surface area contributed by atoms with Crippen LogP contribution in [0, 0.1) is 0 Å². The average Bonchev–Trinajstić information content (AvgIpc) is 3.43. The van der Waals surface area contributed by atoms with Crippen LogP contribution in [0.3, 0.4) is 0 Å². The first-order valence-electron chi connectivity index (χ1n) is 8.89. The second-order valence-electron chi connectivity index (χ2n) is 6.70. The zero-order chi connectivity index (χ0) is 18.7. The van der Waals surface area contributed by atoms with Gasteiger partial charge >= 0.3 is 5.97 Å². The summed E-state index contributed by atoms with van der Waals surface area (Å²) in [6.07, 6.45) is 3.16. The number of aromatic nitrogens is 1. The maximum absolute atomic E-state index is 12.3. The van der Waals surface area contributed by atoms with E-state index in [1.54, 1.807) is 0 Å². The molecule has 0 bridgehead atoms. The highest BCUT2D eigenvalue weighted by atomic mass is 16.6. The van der Waals surface area contributed by atoms with Gasteiger partial charge in [-0.05, 0) is 49.4 Å². The summed E-state index contributed by atoms with van der Waals surface area (Å²) in [4.78, 5) is 12.3. The standard InChI is InChI=1S/C20H24N2O4/c1-3-12-22-13-4-5-17(18(22)21-25)15-6-8-16(9-7-15)20(10-11-20)19(24)26-14(2)23/h4-9,13-14,23,25H,3,10-12H2,1-2H3. The first-order valence-corrected chi connectivity index (χ1v) is 8.89. The third kappa shape index (κ3) is 3.37. The fourth-order valence-electron chi connectivity index (χ4n) is 3.27. The number of aliphatic hydroxyl groups is 1. The number of esters is 1. The zero-order valence-electron chi connectivity index (χ0n) is 15.1. The zero-order valence-corrected chi connectivity index (χ0v) is 15.1. The van der Waals surface area contributed by atoms with E-state index >= 15 is 0 Å². The first-order chi connectivity index (χ1) is 12.5. The van der Waals surface area contributed by atoms with Crippen LogP contribution in [0.2, 0.25) is 0 Å². The van der Waals surface area contributed by atoms with Gasteiger partial charge in [-0.2, -0.15) is 0 Å². The first kappa shape index (κ1) is 18.2. The highest BCUT2D eigenvalue weighted by Crippen LogP contribution is 2.49. The molecule has 1 heterocycles. The smallest absolute Gasteiger partial charge is 0.318 e. The van der Waals surface area contributed by atoms with Gasteiger partial charge in [-0.1, -0.05) is 36.3 Å². The number of carbonyl (C=O) groups excluding carboxylic acids is 1. The van der Waals surface area contributed by atoms with Crippen molar-refractivity contribution in [2.75, 3.05) is 0 Å². The molecule has 2 N–H and O–H groups in total. The van der Waals surface area contributed by atoms with E-state index in [-0.39, 0.29) is 5.97 Å². The number of nitrogens with zero attached hydrogens (tertiary/aromatic N) is 2. The van der Waals surface area contributed by atoms with Crippen LogP contribution in [-0.4, -0.2) is 27.1 Å². The van der Waals surface area contributed by atoms with E-state index in [9.17, 15) is 15.1 Å². The summed E-state index contributed by atoms with van der Waals surface area (Å²) in [6.45, 7) is 4.26. The molecule has 1 unspecified atom stereocenters. The van der Waals surface area contributed by atoms with Crippen molar-refractivity contribution in [3.8, 4) is 11.1 Å². The Labute approximate surface area is 152 Å². The van der Waals surface area contributed by atoms with Crippen molar-refractivity contribution in [1.82, 2.24) is 4.57 Å². The Hall–Kier alpha value is -2.60. The molecule has 0 saturated heterocycles. The third-order valence-electron chi connectivity index (χ3n) is 4.77. The van der Waals surface area contributed by atoms with Crippen LogP contribution in [0.4, 0.5) is 0 Å². The Bertz CT molecular complexity index is 849. The maximum Gasteiger partial charge on any atom is 0.318 e. The predicted octanol–water partition coefficient (Wildman–Crippen LogP) is 2.77. The molecule has 6 nitrogen and oxygen atoms in total. The molecule has 1 fully saturated rings. The summed E-state index contributed by atoms with van der Waals surface area (Å²) in [5.41, 5.74) is 2.49. The Balaban J connectivity index is 1.92. The van der Waals surface area contributed by atoms with E-state index in [4.69, 9.17) is 4.74 Å². The molecule has 0 spiro atoms. The molecule has 26 heavy (non-hydrogen) atoms. The molecular weight excluding hydrogens is 332 g/mol. The summed E-state index contributed by atoms with van der Waals surface area (Å²) in [6, 6.07) is 11.5. The van der Waals surface area contributed by atoms with Crippen LogP contribution < -0.4 is 5.49 Å². The van der Waals surface area contributed by atoms with Crippen molar-refractivity contribution >= 4 is 5.97 Å². The monoisotopic (exact) mass is 356 g/mol. The molecule has 1 saturated carbocycles. The minimum atomic E-state index is -1.11. The molecule has 0 radical (unpaired) electrons. The molecule has 1 aliphatic carbocycles. The molecule has 138 valence electrons. The molecule has 1 aromatic heterocycles. The highest BCUT2D eigenvalue weighted by molar-refractivity contribution is 5.87. The predicted molar refractivity (Wildman–Crippen MR) is 96.2 cm³/mol. The summed E-state index contributed by atoms with van der Waals surface area (Å²) in [5.74, 6) is -0.383. The number of aliphatic hydroxyl groups excluding tert-OH is 1. The van der Waals surface area contributed by atoms with Gasteiger partial charge in [0.1, 0.15) is 0 Å². The highest BCUT2D eigenvalue weighted by Gasteiger charge is 2.53. The fourth-order valence-corrected chi connectivity index (χ4v) is 3.27. The normalized spacial score (nSPS) is 17.0. The molecule has 3 rings (SSSR count). The topological polar surface area (TPSA) is 84.0 Å². The largest absolute Gasteiger partial charge is 0.436 e. The lowest BCUT2D eigenvalue weighted by molar-refractivity contribution is -0.168. The van der Waals surface area contributed by atoms with Gasteiger partial charge in [0.05, 0.1) is 5.41 Å². The Kier molecular flexibility index (Phi) is 5.13. The van der Waals surface area contributed by atoms with Crippen molar-refractivity contribution in [2.45, 2.75) is 51.4 Å². The quantitative estimate of drug-likeness (QED) is 0.361. The van der Waals surface area contributed by atoms with Gasteiger partial charge in [0.15, 0.2) is 11.8 Å². The van der Waals surface area contributed by atoms with Crippen LogP contribution >= 0.6 is 0 Å². The Morgan fingerprint density at radius 1 is 1.31 bits per heavy atom. The van der Waals surface area contributed by atoms with Crippen molar-refractivity contribution in [1.29, 1.82) is 0 Å². The second kappa shape index (κ2) is 7.33. The Morgan fingerprint density at radius 3 is 2.54 bits per heavy atom. The Morgan fingerprint density at radius 2 is 2.00 bits per heavy atom. The number of aryl methyl sites for hydroxylation is 1. The summed E-state index contributed by atoms with van der Waals surface area (Å²) >= 11 is 0. The van der Waals surface area contributed by atoms with Crippen LogP contribution in [0.5, 0.6) is 0 Å². The van der Waals surface area contributed by atoms with Gasteiger partial charge in [0, 0.05) is 18.3 Å². The van der Waals surface area contributed by atoms with Gasteiger partial charge in [-0.15, -0.1) is 0 Å². The van der Waals surface area contributed by atoms with E-state index in [1.807, 2.05) is 47.2 Å². The van der Waals surface area contributed by atoms with Crippen LogP contribution in [0.15, 0.2) is 47.8 Å². The third-order valence-corrected chi connectivity index (χ3v) is 4.77. The molecule has 6 heteroatoms. The van der Waals surface area contributed by atoms with Crippen molar-refractivity contribution < 1.29 is 19.8 Å². The lowest BCUT2D eigenvalue weighted by atomic mass is 9.94. The molecule has 1 aliphatic rings. The summed E-state index contributed by atoms with van der Waals surface area (Å²) in [5, 5.41) is 22.2. The lowest BCUT2D eigenvalue weighted by Crippen LogP contribution is -2.27. The van der Waals surface area contributed by atoms with E-state index in [0.717, 1.165) is 42.5 Å². The average molecular weight is 356 g/mol. The molecular formula is C20H24N2O4. The molecule has 0 aliphatic heterocycles. The SMILES string of the molecule is CCCn1cccc(-c2ccc(C3(C(=O)OC(C)O)CC3)cc2)c1=NO. The summed E-state index contributed by atoms with van der Waals surface area (Å²) < 4.78 is 6.90. The number of rotatable bonds is 6.